The van der Waals surface area contributed by atoms with Gasteiger partial charge in [-0.25, -0.2) is 5.43 Å². The zero-order valence-corrected chi connectivity index (χ0v) is 13.0. The summed E-state index contributed by atoms with van der Waals surface area (Å²) in [4.78, 5) is 0.616. The van der Waals surface area contributed by atoms with Crippen LogP contribution in [0.25, 0.3) is 0 Å². The van der Waals surface area contributed by atoms with Crippen molar-refractivity contribution < 1.29 is 13.2 Å². The molecule has 108 valence electrons. The van der Waals surface area contributed by atoms with E-state index in [2.05, 4.69) is 21.4 Å². The summed E-state index contributed by atoms with van der Waals surface area (Å²) in [6.45, 7) is 0. The molecular formula is C12H9BrClF3N2S. The summed E-state index contributed by atoms with van der Waals surface area (Å²) in [5, 5.41) is 0. The standard InChI is InChI=1S/C12H9BrClF3N2S/c13-6-1-2-7(8(5-6)12(15,16)17)11(19-18)9-3-4-10(14)20-9/h1-5,11,19H,18H2. The quantitative estimate of drug-likeness (QED) is 0.592. The van der Waals surface area contributed by atoms with Crippen LogP contribution in [0.5, 0.6) is 0 Å². The van der Waals surface area contributed by atoms with E-state index in [0.29, 0.717) is 13.7 Å². The number of nitrogens with two attached hydrogens (primary N) is 1. The van der Waals surface area contributed by atoms with Crippen molar-refractivity contribution >= 4 is 38.9 Å². The van der Waals surface area contributed by atoms with E-state index in [9.17, 15) is 13.2 Å². The van der Waals surface area contributed by atoms with Gasteiger partial charge < -0.3 is 0 Å². The summed E-state index contributed by atoms with van der Waals surface area (Å²) in [5.41, 5.74) is 1.74. The average molecular weight is 386 g/mol. The molecule has 2 nitrogen and oxygen atoms in total. The van der Waals surface area contributed by atoms with Gasteiger partial charge in [-0.15, -0.1) is 11.3 Å². The van der Waals surface area contributed by atoms with E-state index in [1.165, 1.54) is 17.4 Å². The molecule has 0 bridgehead atoms. The second-order valence-corrected chi connectivity index (χ2v) is 6.63. The zero-order valence-electron chi connectivity index (χ0n) is 9.84. The molecule has 1 heterocycles. The van der Waals surface area contributed by atoms with Crippen molar-refractivity contribution in [3.8, 4) is 0 Å². The fourth-order valence-electron chi connectivity index (χ4n) is 1.83. The first-order valence-electron chi connectivity index (χ1n) is 5.41. The maximum absolute atomic E-state index is 13.1. The van der Waals surface area contributed by atoms with Crippen molar-refractivity contribution in [3.05, 3.63) is 55.1 Å². The maximum Gasteiger partial charge on any atom is 0.416 e. The van der Waals surface area contributed by atoms with E-state index in [1.807, 2.05) is 0 Å². The van der Waals surface area contributed by atoms with Gasteiger partial charge in [0.2, 0.25) is 0 Å². The largest absolute Gasteiger partial charge is 0.416 e. The number of hydrogen-bond donors (Lipinski definition) is 2. The van der Waals surface area contributed by atoms with E-state index < -0.39 is 17.8 Å². The van der Waals surface area contributed by atoms with Gasteiger partial charge in [0.1, 0.15) is 0 Å². The van der Waals surface area contributed by atoms with Crippen LogP contribution in [0.1, 0.15) is 22.0 Å². The highest BCUT2D eigenvalue weighted by Gasteiger charge is 2.36. The SMILES string of the molecule is NNC(c1ccc(Cl)s1)c1ccc(Br)cc1C(F)(F)F. The van der Waals surface area contributed by atoms with Crippen molar-refractivity contribution in [1.82, 2.24) is 5.43 Å². The maximum atomic E-state index is 13.1. The zero-order chi connectivity index (χ0) is 14.9. The molecule has 0 fully saturated rings. The third-order valence-corrected chi connectivity index (χ3v) is 4.47. The monoisotopic (exact) mass is 384 g/mol. The molecule has 0 aliphatic rings. The van der Waals surface area contributed by atoms with Gasteiger partial charge in [0.15, 0.2) is 0 Å². The highest BCUT2D eigenvalue weighted by atomic mass is 79.9. The van der Waals surface area contributed by atoms with Crippen molar-refractivity contribution in [1.29, 1.82) is 0 Å². The van der Waals surface area contributed by atoms with Crippen LogP contribution in [-0.4, -0.2) is 0 Å². The number of alkyl halides is 3. The second kappa shape index (κ2) is 6.03. The molecule has 0 radical (unpaired) electrons. The van der Waals surface area contributed by atoms with E-state index in [4.69, 9.17) is 17.4 Å². The number of benzene rings is 1. The third-order valence-electron chi connectivity index (χ3n) is 2.68. The Labute approximate surface area is 130 Å². The molecule has 3 N–H and O–H groups in total. The summed E-state index contributed by atoms with van der Waals surface area (Å²) in [6.07, 6.45) is -4.46. The van der Waals surface area contributed by atoms with E-state index in [1.54, 1.807) is 18.2 Å². The van der Waals surface area contributed by atoms with Crippen LogP contribution in [0, 0.1) is 0 Å². The number of nitrogens with one attached hydrogen (secondary N) is 1. The Morgan fingerprint density at radius 3 is 2.45 bits per heavy atom. The number of thiophene rings is 1. The van der Waals surface area contributed by atoms with Crippen molar-refractivity contribution in [2.24, 2.45) is 5.84 Å². The molecule has 0 saturated carbocycles. The van der Waals surface area contributed by atoms with Crippen LogP contribution in [0.15, 0.2) is 34.8 Å². The van der Waals surface area contributed by atoms with E-state index in [-0.39, 0.29) is 5.56 Å². The highest BCUT2D eigenvalue weighted by molar-refractivity contribution is 9.10. The Morgan fingerprint density at radius 2 is 1.95 bits per heavy atom. The summed E-state index contributed by atoms with van der Waals surface area (Å²) in [7, 11) is 0. The van der Waals surface area contributed by atoms with Crippen LogP contribution in [0.2, 0.25) is 4.34 Å². The van der Waals surface area contributed by atoms with Gasteiger partial charge >= 0.3 is 6.18 Å². The van der Waals surface area contributed by atoms with E-state index >= 15 is 0 Å². The molecule has 2 aromatic rings. The van der Waals surface area contributed by atoms with Gasteiger partial charge in [0.05, 0.1) is 15.9 Å². The first-order chi connectivity index (χ1) is 9.32. The first-order valence-corrected chi connectivity index (χ1v) is 7.39. The first kappa shape index (κ1) is 15.8. The predicted molar refractivity (Wildman–Crippen MR) is 77.6 cm³/mol. The molecule has 1 aromatic carbocycles. The lowest BCUT2D eigenvalue weighted by molar-refractivity contribution is -0.138. The minimum Gasteiger partial charge on any atom is -0.271 e. The Balaban J connectivity index is 2.55. The molecule has 1 aromatic heterocycles. The smallest absolute Gasteiger partial charge is 0.271 e. The normalized spacial score (nSPS) is 13.5. The van der Waals surface area contributed by atoms with Crippen LogP contribution in [-0.2, 0) is 6.18 Å². The van der Waals surface area contributed by atoms with Gasteiger partial charge in [-0.2, -0.15) is 13.2 Å². The lowest BCUT2D eigenvalue weighted by Crippen LogP contribution is -2.30. The molecule has 0 saturated heterocycles. The number of hydrogen-bond acceptors (Lipinski definition) is 3. The Hall–Kier alpha value is -0.600. The Bertz CT molecular complexity index is 615. The molecule has 1 atom stereocenters. The molecular weight excluding hydrogens is 377 g/mol. The molecule has 2 rings (SSSR count). The Morgan fingerprint density at radius 1 is 1.25 bits per heavy atom. The lowest BCUT2D eigenvalue weighted by Gasteiger charge is -2.20. The number of halogens is 5. The van der Waals surface area contributed by atoms with Gasteiger partial charge in [-0.1, -0.05) is 33.6 Å². The molecule has 1 unspecified atom stereocenters. The second-order valence-electron chi connectivity index (χ2n) is 3.97. The lowest BCUT2D eigenvalue weighted by atomic mass is 9.99. The summed E-state index contributed by atoms with van der Waals surface area (Å²) >= 11 is 10.1. The van der Waals surface area contributed by atoms with Gasteiger partial charge in [-0.3, -0.25) is 5.84 Å². The molecule has 0 spiro atoms. The average Bonchev–Trinajstić information content (AvgIpc) is 2.77. The van der Waals surface area contributed by atoms with Gasteiger partial charge in [0.25, 0.3) is 0 Å². The number of hydrazine groups is 1. The fraction of sp³-hybridized carbons (Fsp3) is 0.167. The molecule has 0 aliphatic heterocycles. The molecule has 8 heteroatoms. The summed E-state index contributed by atoms with van der Waals surface area (Å²) in [5.74, 6) is 5.43. The van der Waals surface area contributed by atoms with Gasteiger partial charge in [0, 0.05) is 9.35 Å². The minimum absolute atomic E-state index is 0.0571. The van der Waals surface area contributed by atoms with Crippen molar-refractivity contribution in [2.45, 2.75) is 12.2 Å². The topological polar surface area (TPSA) is 38.0 Å². The van der Waals surface area contributed by atoms with E-state index in [0.717, 1.165) is 6.07 Å². The van der Waals surface area contributed by atoms with Crippen LogP contribution < -0.4 is 11.3 Å². The molecule has 20 heavy (non-hydrogen) atoms. The summed E-state index contributed by atoms with van der Waals surface area (Å²) < 4.78 is 40.2. The Kier molecular flexibility index (Phi) is 4.76. The van der Waals surface area contributed by atoms with Crippen LogP contribution in [0.3, 0.4) is 0 Å². The number of rotatable bonds is 3. The predicted octanol–water partition coefficient (Wildman–Crippen LogP) is 4.74. The third kappa shape index (κ3) is 3.35. The minimum atomic E-state index is -4.46. The van der Waals surface area contributed by atoms with Crippen molar-refractivity contribution in [2.75, 3.05) is 0 Å². The molecule has 0 amide bonds. The van der Waals surface area contributed by atoms with Gasteiger partial charge in [-0.05, 0) is 29.8 Å². The summed E-state index contributed by atoms with van der Waals surface area (Å²) in [6, 6.07) is 6.49. The van der Waals surface area contributed by atoms with Crippen LogP contribution >= 0.6 is 38.9 Å². The highest BCUT2D eigenvalue weighted by Crippen LogP contribution is 2.39. The van der Waals surface area contributed by atoms with Crippen LogP contribution in [0.4, 0.5) is 13.2 Å². The molecule has 0 aliphatic carbocycles. The van der Waals surface area contributed by atoms with Crippen molar-refractivity contribution in [3.63, 3.8) is 0 Å². The fourth-order valence-corrected chi connectivity index (χ4v) is 3.34.